The lowest BCUT2D eigenvalue weighted by atomic mass is 10.1. The van der Waals surface area contributed by atoms with Gasteiger partial charge in [0.1, 0.15) is 19.8 Å². The van der Waals surface area contributed by atoms with E-state index in [4.69, 9.17) is 18.5 Å². The van der Waals surface area contributed by atoms with Crippen molar-refractivity contribution in [3.63, 3.8) is 0 Å². The number of nitrogens with zero attached hydrogens (tertiary/aromatic N) is 1. The maximum atomic E-state index is 12.6. The summed E-state index contributed by atoms with van der Waals surface area (Å²) in [5.74, 6) is -0.394. The van der Waals surface area contributed by atoms with Gasteiger partial charge in [0, 0.05) is 6.42 Å². The van der Waals surface area contributed by atoms with Crippen molar-refractivity contribution < 1.29 is 37.3 Å². The first kappa shape index (κ1) is 51.6. The Balaban J connectivity index is 4.37. The van der Waals surface area contributed by atoms with Crippen molar-refractivity contribution in [1.82, 2.24) is 0 Å². The molecular formula is C44H85NO7P+. The van der Waals surface area contributed by atoms with Gasteiger partial charge in [-0.2, -0.15) is 0 Å². The third kappa shape index (κ3) is 41.6. The molecule has 0 aromatic carbocycles. The van der Waals surface area contributed by atoms with E-state index in [9.17, 15) is 14.3 Å². The van der Waals surface area contributed by atoms with Crippen LogP contribution < -0.4 is 0 Å². The highest BCUT2D eigenvalue weighted by molar-refractivity contribution is 7.47. The van der Waals surface area contributed by atoms with E-state index in [0.717, 1.165) is 19.3 Å². The normalized spacial score (nSPS) is 14.1. The Bertz CT molecular complexity index is 947. The monoisotopic (exact) mass is 771 g/mol. The predicted molar refractivity (Wildman–Crippen MR) is 224 cm³/mol. The van der Waals surface area contributed by atoms with Crippen molar-refractivity contribution in [2.75, 3.05) is 47.5 Å². The average molecular weight is 771 g/mol. The summed E-state index contributed by atoms with van der Waals surface area (Å²) in [5.41, 5.74) is 0. The Hall–Kier alpha value is -1.44. The van der Waals surface area contributed by atoms with E-state index in [0.29, 0.717) is 17.4 Å². The van der Waals surface area contributed by atoms with Gasteiger partial charge in [0.05, 0.1) is 34.0 Å². The standard InChI is InChI=1S/C44H84NO7P/c1-6-8-10-12-14-16-18-20-22-24-26-28-30-32-34-36-39-49-41-43(42-51-53(47,48)50-40-38-45(3,4)5)52-44(46)37-35-33-31-29-27-25-23-21-19-17-15-13-11-9-7-2/h30-33,36,39,43H,6-29,34-35,37-38,40-42H2,1-5H3/p+1/b32-30-,33-31-,39-36+. The first-order valence-electron chi connectivity index (χ1n) is 21.8. The fourth-order valence-electron chi connectivity index (χ4n) is 5.87. The summed E-state index contributed by atoms with van der Waals surface area (Å²) in [5, 5.41) is 0. The molecule has 0 saturated heterocycles. The van der Waals surface area contributed by atoms with Gasteiger partial charge in [0.2, 0.25) is 0 Å². The molecule has 0 saturated carbocycles. The van der Waals surface area contributed by atoms with Crippen molar-refractivity contribution in [3.8, 4) is 0 Å². The molecule has 0 fully saturated rings. The van der Waals surface area contributed by atoms with Gasteiger partial charge in [0.25, 0.3) is 0 Å². The maximum Gasteiger partial charge on any atom is 0.472 e. The molecule has 0 radical (unpaired) electrons. The molecular weight excluding hydrogens is 685 g/mol. The summed E-state index contributed by atoms with van der Waals surface area (Å²) in [6.45, 7) is 4.85. The number of phosphoric acid groups is 1. The van der Waals surface area contributed by atoms with Crippen LogP contribution in [-0.2, 0) is 27.9 Å². The lowest BCUT2D eigenvalue weighted by molar-refractivity contribution is -0.870. The highest BCUT2D eigenvalue weighted by atomic mass is 31.2. The van der Waals surface area contributed by atoms with Crippen molar-refractivity contribution in [3.05, 3.63) is 36.6 Å². The molecule has 2 atom stereocenters. The molecule has 9 heteroatoms. The highest BCUT2D eigenvalue weighted by Crippen LogP contribution is 2.43. The van der Waals surface area contributed by atoms with Crippen LogP contribution in [-0.4, -0.2) is 69.0 Å². The minimum Gasteiger partial charge on any atom is -0.498 e. The van der Waals surface area contributed by atoms with Crippen LogP contribution in [0, 0.1) is 0 Å². The molecule has 0 aromatic heterocycles. The quantitative estimate of drug-likeness (QED) is 0.0166. The number of ether oxygens (including phenoxy) is 2. The summed E-state index contributed by atoms with van der Waals surface area (Å²) in [7, 11) is 1.60. The van der Waals surface area contributed by atoms with Crippen LogP contribution in [0.2, 0.25) is 0 Å². The van der Waals surface area contributed by atoms with Gasteiger partial charge in [-0.25, -0.2) is 4.57 Å². The van der Waals surface area contributed by atoms with Crippen molar-refractivity contribution in [2.24, 2.45) is 0 Å². The molecule has 0 aliphatic carbocycles. The molecule has 0 heterocycles. The van der Waals surface area contributed by atoms with Crippen LogP contribution in [0.25, 0.3) is 0 Å². The molecule has 0 aliphatic rings. The Kier molecular flexibility index (Phi) is 36.5. The maximum absolute atomic E-state index is 12.6. The number of hydrogen-bond acceptors (Lipinski definition) is 6. The van der Waals surface area contributed by atoms with Crippen LogP contribution in [0.1, 0.15) is 187 Å². The van der Waals surface area contributed by atoms with E-state index < -0.39 is 19.9 Å². The Morgan fingerprint density at radius 3 is 1.55 bits per heavy atom. The average Bonchev–Trinajstić information content (AvgIpc) is 3.11. The predicted octanol–water partition coefficient (Wildman–Crippen LogP) is 13.0. The zero-order chi connectivity index (χ0) is 39.1. The molecule has 0 bridgehead atoms. The van der Waals surface area contributed by atoms with E-state index in [2.05, 4.69) is 32.1 Å². The number of esters is 1. The van der Waals surface area contributed by atoms with Gasteiger partial charge in [-0.15, -0.1) is 0 Å². The zero-order valence-corrected chi connectivity index (χ0v) is 36.1. The third-order valence-electron chi connectivity index (χ3n) is 9.28. The zero-order valence-electron chi connectivity index (χ0n) is 35.3. The van der Waals surface area contributed by atoms with Gasteiger partial charge in [0.15, 0.2) is 6.10 Å². The molecule has 0 aromatic rings. The van der Waals surface area contributed by atoms with E-state index >= 15 is 0 Å². The van der Waals surface area contributed by atoms with Gasteiger partial charge < -0.3 is 18.9 Å². The number of carbonyl (C=O) groups is 1. The van der Waals surface area contributed by atoms with Gasteiger partial charge in [-0.1, -0.05) is 167 Å². The fraction of sp³-hybridized carbons (Fsp3) is 0.841. The summed E-state index contributed by atoms with van der Waals surface area (Å²) in [6.07, 6.45) is 44.4. The second-order valence-corrected chi connectivity index (χ2v) is 17.2. The number of unbranched alkanes of at least 4 members (excludes halogenated alkanes) is 22. The molecule has 1 N–H and O–H groups in total. The number of allylic oxidation sites excluding steroid dienone is 5. The fourth-order valence-corrected chi connectivity index (χ4v) is 6.62. The lowest BCUT2D eigenvalue weighted by Gasteiger charge is -2.24. The molecule has 53 heavy (non-hydrogen) atoms. The minimum atomic E-state index is -4.30. The van der Waals surface area contributed by atoms with E-state index in [1.807, 2.05) is 33.3 Å². The van der Waals surface area contributed by atoms with E-state index in [1.165, 1.54) is 141 Å². The molecule has 0 aliphatic heterocycles. The van der Waals surface area contributed by atoms with Crippen molar-refractivity contribution >= 4 is 13.8 Å². The second kappa shape index (κ2) is 37.5. The second-order valence-electron chi connectivity index (χ2n) is 15.8. The molecule has 0 amide bonds. The van der Waals surface area contributed by atoms with Crippen LogP contribution in [0.5, 0.6) is 0 Å². The summed E-state index contributed by atoms with van der Waals surface area (Å²) >= 11 is 0. The lowest BCUT2D eigenvalue weighted by Crippen LogP contribution is -2.37. The van der Waals surface area contributed by atoms with Crippen molar-refractivity contribution in [2.45, 2.75) is 193 Å². The first-order valence-corrected chi connectivity index (χ1v) is 23.3. The van der Waals surface area contributed by atoms with Gasteiger partial charge >= 0.3 is 13.8 Å². The van der Waals surface area contributed by atoms with Gasteiger partial charge in [-0.05, 0) is 44.6 Å². The summed E-state index contributed by atoms with van der Waals surface area (Å²) in [6, 6.07) is 0. The number of phosphoric ester groups is 1. The molecule has 0 rings (SSSR count). The Morgan fingerprint density at radius 2 is 1.06 bits per heavy atom. The van der Waals surface area contributed by atoms with Crippen LogP contribution in [0.3, 0.4) is 0 Å². The van der Waals surface area contributed by atoms with Crippen molar-refractivity contribution in [1.29, 1.82) is 0 Å². The van der Waals surface area contributed by atoms with E-state index in [1.54, 1.807) is 6.26 Å². The van der Waals surface area contributed by atoms with Crippen LogP contribution in [0.4, 0.5) is 0 Å². The number of quaternary nitrogens is 1. The Morgan fingerprint density at radius 1 is 0.604 bits per heavy atom. The highest BCUT2D eigenvalue weighted by Gasteiger charge is 2.26. The molecule has 312 valence electrons. The Labute approximate surface area is 327 Å². The summed E-state index contributed by atoms with van der Waals surface area (Å²) in [4.78, 5) is 22.8. The number of likely N-dealkylation sites (N-methyl/N-ethyl adjacent to an activating group) is 1. The molecule has 0 spiro atoms. The van der Waals surface area contributed by atoms with Crippen LogP contribution in [0.15, 0.2) is 36.6 Å². The van der Waals surface area contributed by atoms with E-state index in [-0.39, 0.29) is 26.2 Å². The number of rotatable bonds is 40. The topological polar surface area (TPSA) is 91.3 Å². The van der Waals surface area contributed by atoms with Crippen LogP contribution >= 0.6 is 7.82 Å². The molecule has 8 nitrogen and oxygen atoms in total. The molecule has 2 unspecified atom stereocenters. The number of carbonyl (C=O) groups excluding carboxylic acids is 1. The SMILES string of the molecule is CCCCCCCCCCCCC/C=C\C/C=C/OCC(COP(=O)(O)OCC[N+](C)(C)C)OC(=O)CC/C=C\CCCCCCCCCCCCC. The first-order chi connectivity index (χ1) is 25.6. The van der Waals surface area contributed by atoms with Gasteiger partial charge in [-0.3, -0.25) is 13.8 Å². The minimum absolute atomic E-state index is 0.0122. The third-order valence-corrected chi connectivity index (χ3v) is 10.3. The number of hydrogen-bond donors (Lipinski definition) is 1. The summed E-state index contributed by atoms with van der Waals surface area (Å²) < 4.78 is 34.6. The largest absolute Gasteiger partial charge is 0.498 e. The smallest absolute Gasteiger partial charge is 0.472 e.